The summed E-state index contributed by atoms with van der Waals surface area (Å²) < 4.78 is 23.7. The van der Waals surface area contributed by atoms with Crippen molar-refractivity contribution < 1.29 is 8.42 Å². The molecule has 0 aromatic carbocycles. The van der Waals surface area contributed by atoms with Crippen molar-refractivity contribution in [1.82, 2.24) is 5.32 Å². The van der Waals surface area contributed by atoms with E-state index in [4.69, 9.17) is 0 Å². The van der Waals surface area contributed by atoms with Gasteiger partial charge in [-0.2, -0.15) is 0 Å². The van der Waals surface area contributed by atoms with Crippen LogP contribution in [0.1, 0.15) is 53.9 Å². The minimum Gasteiger partial charge on any atom is -0.316 e. The van der Waals surface area contributed by atoms with Gasteiger partial charge in [-0.15, -0.1) is 0 Å². The normalized spacial score (nSPS) is 13.3. The van der Waals surface area contributed by atoms with Gasteiger partial charge in [-0.1, -0.05) is 20.8 Å². The van der Waals surface area contributed by atoms with Crippen molar-refractivity contribution in [2.24, 2.45) is 5.41 Å². The zero-order chi connectivity index (χ0) is 13.5. The first-order valence-corrected chi connectivity index (χ1v) is 8.47. The van der Waals surface area contributed by atoms with Crippen LogP contribution in [0.5, 0.6) is 0 Å². The van der Waals surface area contributed by atoms with E-state index in [1.165, 1.54) is 0 Å². The Kier molecular flexibility index (Phi) is 7.33. The summed E-state index contributed by atoms with van der Waals surface area (Å²) in [5.41, 5.74) is 0.137. The fraction of sp³-hybridized carbons (Fsp3) is 1.00. The van der Waals surface area contributed by atoms with E-state index >= 15 is 0 Å². The molecular formula is C13H29NO2S. The van der Waals surface area contributed by atoms with Gasteiger partial charge in [0.1, 0.15) is 0 Å². The van der Waals surface area contributed by atoms with E-state index in [9.17, 15) is 8.42 Å². The molecule has 0 heterocycles. The van der Waals surface area contributed by atoms with Crippen LogP contribution >= 0.6 is 0 Å². The van der Waals surface area contributed by atoms with Crippen LogP contribution in [0.2, 0.25) is 0 Å². The molecule has 0 aliphatic heterocycles. The molecule has 0 aromatic heterocycles. The van der Waals surface area contributed by atoms with Crippen LogP contribution < -0.4 is 5.32 Å². The van der Waals surface area contributed by atoms with E-state index < -0.39 is 9.84 Å². The summed E-state index contributed by atoms with van der Waals surface area (Å²) in [4.78, 5) is 0. The molecule has 0 amide bonds. The van der Waals surface area contributed by atoms with Gasteiger partial charge in [-0.3, -0.25) is 0 Å². The standard InChI is InChI=1S/C13H29NO2S/c1-6-13(7-2,11-14-8-3)9-10-17(15,16)12(4)5/h12,14H,6-11H2,1-5H3. The predicted octanol–water partition coefficient (Wildman–Crippen LogP) is 2.62. The molecule has 0 unspecified atom stereocenters. The van der Waals surface area contributed by atoms with E-state index in [0.717, 1.165) is 32.4 Å². The highest BCUT2D eigenvalue weighted by Crippen LogP contribution is 2.30. The fourth-order valence-electron chi connectivity index (χ4n) is 1.93. The van der Waals surface area contributed by atoms with Crippen LogP contribution in [0.25, 0.3) is 0 Å². The largest absolute Gasteiger partial charge is 0.316 e. The highest BCUT2D eigenvalue weighted by atomic mass is 32.2. The Bertz CT molecular complexity index is 293. The molecule has 104 valence electrons. The van der Waals surface area contributed by atoms with Gasteiger partial charge in [-0.25, -0.2) is 8.42 Å². The Balaban J connectivity index is 4.56. The van der Waals surface area contributed by atoms with Crippen molar-refractivity contribution in [1.29, 1.82) is 0 Å². The van der Waals surface area contributed by atoms with E-state index in [1.807, 2.05) is 0 Å². The molecule has 17 heavy (non-hydrogen) atoms. The molecule has 0 atom stereocenters. The Hall–Kier alpha value is -0.0900. The molecule has 0 fully saturated rings. The highest BCUT2D eigenvalue weighted by molar-refractivity contribution is 7.91. The number of nitrogens with one attached hydrogen (secondary N) is 1. The van der Waals surface area contributed by atoms with Crippen molar-refractivity contribution >= 4 is 9.84 Å². The maximum absolute atomic E-state index is 11.9. The molecule has 0 radical (unpaired) electrons. The molecule has 0 spiro atoms. The Morgan fingerprint density at radius 2 is 1.65 bits per heavy atom. The Morgan fingerprint density at radius 3 is 2.00 bits per heavy atom. The van der Waals surface area contributed by atoms with E-state index in [-0.39, 0.29) is 10.7 Å². The zero-order valence-corrected chi connectivity index (χ0v) is 12.9. The third-order valence-electron chi connectivity index (χ3n) is 3.89. The molecule has 0 saturated carbocycles. The maximum atomic E-state index is 11.9. The number of hydrogen-bond acceptors (Lipinski definition) is 3. The smallest absolute Gasteiger partial charge is 0.152 e. The molecule has 0 bridgehead atoms. The molecule has 1 N–H and O–H groups in total. The molecule has 0 aliphatic rings. The zero-order valence-electron chi connectivity index (χ0n) is 12.0. The Morgan fingerprint density at radius 1 is 1.12 bits per heavy atom. The average molecular weight is 263 g/mol. The van der Waals surface area contributed by atoms with Gasteiger partial charge in [0, 0.05) is 6.54 Å². The molecule has 4 heteroatoms. The summed E-state index contributed by atoms with van der Waals surface area (Å²) in [5.74, 6) is 0.317. The van der Waals surface area contributed by atoms with E-state index in [1.54, 1.807) is 13.8 Å². The topological polar surface area (TPSA) is 46.2 Å². The predicted molar refractivity (Wildman–Crippen MR) is 75.1 cm³/mol. The van der Waals surface area contributed by atoms with Gasteiger partial charge in [0.15, 0.2) is 9.84 Å². The number of rotatable bonds is 9. The van der Waals surface area contributed by atoms with Crippen LogP contribution in [0, 0.1) is 5.41 Å². The minimum atomic E-state index is -2.90. The molecule has 0 rings (SSSR count). The van der Waals surface area contributed by atoms with Gasteiger partial charge in [-0.05, 0) is 45.1 Å². The summed E-state index contributed by atoms with van der Waals surface area (Å²) in [6, 6.07) is 0. The lowest BCUT2D eigenvalue weighted by atomic mass is 9.80. The first kappa shape index (κ1) is 16.9. The average Bonchev–Trinajstić information content (AvgIpc) is 2.30. The second kappa shape index (κ2) is 7.37. The summed E-state index contributed by atoms with van der Waals surface area (Å²) in [6.45, 7) is 11.8. The lowest BCUT2D eigenvalue weighted by molar-refractivity contribution is 0.241. The van der Waals surface area contributed by atoms with Crippen LogP contribution in [0.4, 0.5) is 0 Å². The summed E-state index contributed by atoms with van der Waals surface area (Å²) >= 11 is 0. The maximum Gasteiger partial charge on any atom is 0.152 e. The van der Waals surface area contributed by atoms with Crippen LogP contribution in [-0.2, 0) is 9.84 Å². The molecule has 3 nitrogen and oxygen atoms in total. The van der Waals surface area contributed by atoms with Crippen LogP contribution in [0.15, 0.2) is 0 Å². The van der Waals surface area contributed by atoms with Crippen LogP contribution in [-0.4, -0.2) is 32.5 Å². The van der Waals surface area contributed by atoms with Gasteiger partial charge < -0.3 is 5.32 Å². The summed E-state index contributed by atoms with van der Waals surface area (Å²) in [7, 11) is -2.90. The van der Waals surface area contributed by atoms with Crippen molar-refractivity contribution in [3.8, 4) is 0 Å². The van der Waals surface area contributed by atoms with Crippen molar-refractivity contribution in [3.05, 3.63) is 0 Å². The first-order valence-electron chi connectivity index (χ1n) is 6.76. The number of sulfone groups is 1. The molecular weight excluding hydrogens is 234 g/mol. The quantitative estimate of drug-likeness (QED) is 0.695. The Labute approximate surface area is 107 Å². The van der Waals surface area contributed by atoms with Gasteiger partial charge in [0.2, 0.25) is 0 Å². The highest BCUT2D eigenvalue weighted by Gasteiger charge is 2.28. The summed E-state index contributed by atoms with van der Waals surface area (Å²) in [5, 5.41) is 3.11. The second-order valence-corrected chi connectivity index (χ2v) is 7.83. The van der Waals surface area contributed by atoms with Crippen molar-refractivity contribution in [2.45, 2.75) is 59.1 Å². The van der Waals surface area contributed by atoms with E-state index in [2.05, 4.69) is 26.1 Å². The SMILES string of the molecule is CCNCC(CC)(CC)CCS(=O)(=O)C(C)C. The second-order valence-electron chi connectivity index (χ2n) is 5.15. The van der Waals surface area contributed by atoms with Gasteiger partial charge in [0.25, 0.3) is 0 Å². The van der Waals surface area contributed by atoms with Gasteiger partial charge in [0.05, 0.1) is 11.0 Å². The van der Waals surface area contributed by atoms with Crippen LogP contribution in [0.3, 0.4) is 0 Å². The third kappa shape index (κ3) is 5.38. The van der Waals surface area contributed by atoms with Gasteiger partial charge >= 0.3 is 0 Å². The van der Waals surface area contributed by atoms with E-state index in [0.29, 0.717) is 5.75 Å². The lowest BCUT2D eigenvalue weighted by Gasteiger charge is -2.32. The third-order valence-corrected chi connectivity index (χ3v) is 6.09. The summed E-state index contributed by atoms with van der Waals surface area (Å²) in [6.07, 6.45) is 2.84. The number of hydrogen-bond donors (Lipinski definition) is 1. The van der Waals surface area contributed by atoms with Crippen molar-refractivity contribution in [3.63, 3.8) is 0 Å². The first-order chi connectivity index (χ1) is 7.83. The monoisotopic (exact) mass is 263 g/mol. The van der Waals surface area contributed by atoms with Crippen molar-refractivity contribution in [2.75, 3.05) is 18.8 Å². The lowest BCUT2D eigenvalue weighted by Crippen LogP contribution is -2.35. The minimum absolute atomic E-state index is 0.137. The molecule has 0 saturated heterocycles. The fourth-order valence-corrected chi connectivity index (χ4v) is 3.12. The molecule has 0 aromatic rings. The molecule has 0 aliphatic carbocycles.